The van der Waals surface area contributed by atoms with E-state index in [1.165, 1.54) is 0 Å². The van der Waals surface area contributed by atoms with Gasteiger partial charge in [-0.2, -0.15) is 0 Å². The van der Waals surface area contributed by atoms with Gasteiger partial charge >= 0.3 is 0 Å². The van der Waals surface area contributed by atoms with E-state index in [0.717, 1.165) is 5.56 Å². The van der Waals surface area contributed by atoms with Gasteiger partial charge in [-0.1, -0.05) is 6.07 Å². The minimum absolute atomic E-state index is 0.124. The highest BCUT2D eigenvalue weighted by atomic mass is 16.5. The van der Waals surface area contributed by atoms with E-state index in [-0.39, 0.29) is 12.2 Å². The molecule has 0 aliphatic carbocycles. The molecule has 3 aromatic rings. The van der Waals surface area contributed by atoms with E-state index in [1.807, 2.05) is 26.0 Å². The Morgan fingerprint density at radius 3 is 2.70 bits per heavy atom. The molecule has 3 aromatic heterocycles. The van der Waals surface area contributed by atoms with E-state index in [4.69, 9.17) is 10.5 Å². The van der Waals surface area contributed by atoms with Crippen LogP contribution in [-0.2, 0) is 6.42 Å². The van der Waals surface area contributed by atoms with Crippen molar-refractivity contribution in [1.82, 2.24) is 15.0 Å². The first-order chi connectivity index (χ1) is 13.0. The van der Waals surface area contributed by atoms with Gasteiger partial charge in [-0.15, -0.1) is 0 Å². The van der Waals surface area contributed by atoms with Crippen LogP contribution >= 0.6 is 0 Å². The summed E-state index contributed by atoms with van der Waals surface area (Å²) in [6, 6.07) is 11.2. The number of pyridine rings is 3. The van der Waals surface area contributed by atoms with Crippen LogP contribution in [0.25, 0.3) is 0 Å². The summed E-state index contributed by atoms with van der Waals surface area (Å²) in [4.78, 5) is 25.3. The highest BCUT2D eigenvalue weighted by molar-refractivity contribution is 5.95. The molecule has 0 aliphatic heterocycles. The molecular weight excluding hydrogens is 340 g/mol. The molecule has 0 atom stereocenters. The molecule has 6 heteroatoms. The number of ether oxygens (including phenoxy) is 1. The van der Waals surface area contributed by atoms with Crippen LogP contribution in [0.2, 0.25) is 0 Å². The predicted octanol–water partition coefficient (Wildman–Crippen LogP) is 2.97. The number of ketones is 1. The Hall–Kier alpha value is -3.72. The molecule has 27 heavy (non-hydrogen) atoms. The van der Waals surface area contributed by atoms with Gasteiger partial charge in [0.15, 0.2) is 5.78 Å². The van der Waals surface area contributed by atoms with E-state index in [1.54, 1.807) is 36.8 Å². The van der Waals surface area contributed by atoms with Crippen molar-refractivity contribution in [2.24, 2.45) is 5.73 Å². The quantitative estimate of drug-likeness (QED) is 0.428. The Bertz CT molecular complexity index is 1030. The summed E-state index contributed by atoms with van der Waals surface area (Å²) in [7, 11) is 0. The van der Waals surface area contributed by atoms with Crippen molar-refractivity contribution in [2.45, 2.75) is 20.3 Å². The number of carbonyl (C=O) groups is 1. The number of hydrogen-bond donors (Lipinski definition) is 1. The Morgan fingerprint density at radius 2 is 1.96 bits per heavy atom. The number of aryl methyl sites for hydroxylation is 2. The molecule has 0 bridgehead atoms. The average Bonchev–Trinajstić information content (AvgIpc) is 2.64. The summed E-state index contributed by atoms with van der Waals surface area (Å²) in [5.41, 5.74) is 8.63. The largest absolute Gasteiger partial charge is 0.456 e. The van der Waals surface area contributed by atoms with Crippen LogP contribution in [0.15, 0.2) is 48.9 Å². The van der Waals surface area contributed by atoms with Crippen LogP contribution in [0.5, 0.6) is 11.5 Å². The van der Waals surface area contributed by atoms with E-state index >= 15 is 0 Å². The van der Waals surface area contributed by atoms with Gasteiger partial charge in [-0.05, 0) is 37.5 Å². The van der Waals surface area contributed by atoms with Crippen LogP contribution in [-0.4, -0.2) is 20.7 Å². The van der Waals surface area contributed by atoms with Gasteiger partial charge in [0, 0.05) is 47.5 Å². The van der Waals surface area contributed by atoms with Crippen LogP contribution in [0.3, 0.4) is 0 Å². The summed E-state index contributed by atoms with van der Waals surface area (Å²) in [6.07, 6.45) is 5.08. The van der Waals surface area contributed by atoms with Crippen molar-refractivity contribution in [3.05, 3.63) is 77.1 Å². The van der Waals surface area contributed by atoms with E-state index < -0.39 is 0 Å². The number of carbonyl (C=O) groups excluding carboxylic acids is 1. The Labute approximate surface area is 157 Å². The topological polar surface area (TPSA) is 91.0 Å². The molecule has 0 amide bonds. The van der Waals surface area contributed by atoms with Crippen molar-refractivity contribution in [3.63, 3.8) is 0 Å². The normalized spacial score (nSPS) is 10.0. The second-order valence-electron chi connectivity index (χ2n) is 6.04. The second kappa shape index (κ2) is 8.11. The van der Waals surface area contributed by atoms with Gasteiger partial charge in [-0.25, -0.2) is 4.98 Å². The van der Waals surface area contributed by atoms with E-state index in [9.17, 15) is 4.79 Å². The van der Waals surface area contributed by atoms with Crippen LogP contribution < -0.4 is 10.5 Å². The summed E-state index contributed by atoms with van der Waals surface area (Å²) < 4.78 is 5.82. The molecule has 0 unspecified atom stereocenters. The van der Waals surface area contributed by atoms with Crippen LogP contribution in [0.1, 0.15) is 33.0 Å². The number of aromatic nitrogens is 3. The maximum absolute atomic E-state index is 12.6. The van der Waals surface area contributed by atoms with Crippen LogP contribution in [0.4, 0.5) is 0 Å². The fraction of sp³-hybridized carbons (Fsp3) is 0.143. The first-order valence-electron chi connectivity index (χ1n) is 8.31. The molecule has 3 rings (SSSR count). The number of nitrogens with zero attached hydrogens (tertiary/aromatic N) is 3. The summed E-state index contributed by atoms with van der Waals surface area (Å²) >= 11 is 0. The predicted molar refractivity (Wildman–Crippen MR) is 101 cm³/mol. The molecule has 0 spiro atoms. The smallest absolute Gasteiger partial charge is 0.187 e. The Kier molecular flexibility index (Phi) is 5.43. The van der Waals surface area contributed by atoms with Gasteiger partial charge in [0.1, 0.15) is 17.2 Å². The lowest BCUT2D eigenvalue weighted by Crippen LogP contribution is -2.08. The lowest BCUT2D eigenvalue weighted by molar-refractivity contribution is 0.0986. The first kappa shape index (κ1) is 18.1. The molecule has 3 heterocycles. The van der Waals surface area contributed by atoms with Gasteiger partial charge in [0.05, 0.1) is 12.6 Å². The molecule has 134 valence electrons. The number of rotatable bonds is 5. The monoisotopic (exact) mass is 358 g/mol. The molecule has 0 saturated heterocycles. The maximum atomic E-state index is 12.6. The Morgan fingerprint density at radius 1 is 1.11 bits per heavy atom. The molecule has 0 fully saturated rings. The van der Waals surface area contributed by atoms with Gasteiger partial charge in [0.2, 0.25) is 0 Å². The number of Topliss-reactive ketones (excluding diaryl/α,β-unsaturated/α-hetero) is 1. The van der Waals surface area contributed by atoms with Gasteiger partial charge in [-0.3, -0.25) is 14.8 Å². The Balaban J connectivity index is 1.81. The lowest BCUT2D eigenvalue weighted by atomic mass is 10.1. The average molecular weight is 358 g/mol. The SMILES string of the molecule is Cc1ccc(CC(=O)c2cc(Oc3cncc(C#CN)c3)cc(C)n2)nc1. The number of hydrogen-bond acceptors (Lipinski definition) is 6. The minimum Gasteiger partial charge on any atom is -0.456 e. The highest BCUT2D eigenvalue weighted by Crippen LogP contribution is 2.23. The van der Waals surface area contributed by atoms with Crippen molar-refractivity contribution < 1.29 is 9.53 Å². The number of nitrogens with two attached hydrogens (primary N) is 1. The molecule has 6 nitrogen and oxygen atoms in total. The van der Waals surface area contributed by atoms with Crippen molar-refractivity contribution in [1.29, 1.82) is 0 Å². The third-order valence-corrected chi connectivity index (χ3v) is 3.69. The zero-order valence-electron chi connectivity index (χ0n) is 15.1. The molecule has 0 saturated carbocycles. The van der Waals surface area contributed by atoms with Crippen molar-refractivity contribution in [3.8, 4) is 23.5 Å². The minimum atomic E-state index is -0.124. The molecule has 2 N–H and O–H groups in total. The zero-order valence-corrected chi connectivity index (χ0v) is 15.1. The van der Waals surface area contributed by atoms with E-state index in [0.29, 0.717) is 34.1 Å². The van der Waals surface area contributed by atoms with Crippen molar-refractivity contribution in [2.75, 3.05) is 0 Å². The van der Waals surface area contributed by atoms with Crippen LogP contribution in [0, 0.1) is 25.8 Å². The molecule has 0 aliphatic rings. The molecule has 0 radical (unpaired) electrons. The standard InChI is InChI=1S/C21H18N4O2/c1-14-3-4-17(24-11-14)9-21(26)20-10-18(7-15(2)25-20)27-19-8-16(5-6-22)12-23-13-19/h3-4,7-8,10-13H,9,22H2,1-2H3. The first-order valence-corrected chi connectivity index (χ1v) is 8.31. The summed E-state index contributed by atoms with van der Waals surface area (Å²) in [6.45, 7) is 3.76. The fourth-order valence-electron chi connectivity index (χ4n) is 2.46. The van der Waals surface area contributed by atoms with Gasteiger partial charge < -0.3 is 10.5 Å². The van der Waals surface area contributed by atoms with E-state index in [2.05, 4.69) is 26.9 Å². The maximum Gasteiger partial charge on any atom is 0.187 e. The fourth-order valence-corrected chi connectivity index (χ4v) is 2.46. The zero-order chi connectivity index (χ0) is 19.2. The summed E-state index contributed by atoms with van der Waals surface area (Å²) in [5.74, 6) is 3.60. The summed E-state index contributed by atoms with van der Waals surface area (Å²) in [5, 5.41) is 0. The highest BCUT2D eigenvalue weighted by Gasteiger charge is 2.12. The third kappa shape index (κ3) is 4.89. The molecule has 0 aromatic carbocycles. The van der Waals surface area contributed by atoms with Gasteiger partial charge in [0.25, 0.3) is 0 Å². The third-order valence-electron chi connectivity index (χ3n) is 3.69. The molecular formula is C21H18N4O2. The van der Waals surface area contributed by atoms with Crippen molar-refractivity contribution >= 4 is 5.78 Å². The lowest BCUT2D eigenvalue weighted by Gasteiger charge is -2.08. The second-order valence-corrected chi connectivity index (χ2v) is 6.04.